The van der Waals surface area contributed by atoms with Gasteiger partial charge in [-0.05, 0) is 25.2 Å². The van der Waals surface area contributed by atoms with Gasteiger partial charge in [0.2, 0.25) is 11.8 Å². The van der Waals surface area contributed by atoms with Crippen LogP contribution in [0, 0.1) is 12.8 Å². The average molecular weight is 462 g/mol. The lowest BCUT2D eigenvalue weighted by Gasteiger charge is -2.29. The van der Waals surface area contributed by atoms with E-state index in [-0.39, 0.29) is 29.9 Å². The molecule has 0 spiro atoms. The molecule has 0 saturated heterocycles. The van der Waals surface area contributed by atoms with Crippen LogP contribution < -0.4 is 27.2 Å². The molecule has 4 N–H and O–H groups in total. The average Bonchev–Trinajstić information content (AvgIpc) is 3.41. The Morgan fingerprint density at radius 2 is 2.03 bits per heavy atom. The van der Waals surface area contributed by atoms with Gasteiger partial charge in [0.15, 0.2) is 11.5 Å². The Morgan fingerprint density at radius 1 is 1.33 bits per heavy atom. The minimum Gasteiger partial charge on any atom is -0.383 e. The van der Waals surface area contributed by atoms with E-state index in [1.54, 1.807) is 6.92 Å². The quantitative estimate of drug-likeness (QED) is 0.483. The van der Waals surface area contributed by atoms with Crippen molar-refractivity contribution in [2.24, 2.45) is 5.92 Å². The van der Waals surface area contributed by atoms with Crippen LogP contribution in [-0.2, 0) is 16.9 Å². The predicted octanol–water partition coefficient (Wildman–Crippen LogP) is 1.66. The molecule has 3 rings (SSSR count). The molecule has 1 fully saturated rings. The van der Waals surface area contributed by atoms with Crippen molar-refractivity contribution in [2.75, 3.05) is 23.7 Å². The lowest BCUT2D eigenvalue weighted by Crippen LogP contribution is -2.49. The molecule has 0 bridgehead atoms. The summed E-state index contributed by atoms with van der Waals surface area (Å²) in [6.45, 7) is 8.25. The van der Waals surface area contributed by atoms with E-state index in [2.05, 4.69) is 20.4 Å². The number of aryl methyl sites for hydroxylation is 1. The maximum atomic E-state index is 13.4. The van der Waals surface area contributed by atoms with Crippen LogP contribution in [0.5, 0.6) is 0 Å². The van der Waals surface area contributed by atoms with Crippen molar-refractivity contribution < 1.29 is 9.32 Å². The van der Waals surface area contributed by atoms with E-state index in [9.17, 15) is 14.4 Å². The predicted molar refractivity (Wildman–Crippen MR) is 125 cm³/mol. The van der Waals surface area contributed by atoms with Gasteiger partial charge in [-0.25, -0.2) is 4.79 Å². The van der Waals surface area contributed by atoms with Crippen molar-refractivity contribution in [3.8, 4) is 0 Å². The van der Waals surface area contributed by atoms with Gasteiger partial charge in [0.25, 0.3) is 5.56 Å². The topological polar surface area (TPSA) is 152 Å². The van der Waals surface area contributed by atoms with Gasteiger partial charge in [0, 0.05) is 20.0 Å². The Morgan fingerprint density at radius 3 is 2.61 bits per heavy atom. The van der Waals surface area contributed by atoms with Gasteiger partial charge < -0.3 is 15.2 Å². The molecule has 1 aliphatic carbocycles. The molecule has 1 amide bonds. The summed E-state index contributed by atoms with van der Waals surface area (Å²) in [6, 6.07) is 0. The highest BCUT2D eigenvalue weighted by Crippen LogP contribution is 2.37. The maximum Gasteiger partial charge on any atom is 0.330 e. The highest BCUT2D eigenvalue weighted by atomic mass is 16.5. The molecule has 0 aromatic carbocycles. The number of aromatic nitrogens is 4. The van der Waals surface area contributed by atoms with Crippen LogP contribution in [0.4, 0.5) is 11.5 Å². The van der Waals surface area contributed by atoms with Gasteiger partial charge in [-0.3, -0.25) is 24.5 Å². The zero-order valence-electron chi connectivity index (χ0n) is 19.9. The van der Waals surface area contributed by atoms with Crippen LogP contribution in [0.15, 0.2) is 14.1 Å². The van der Waals surface area contributed by atoms with Gasteiger partial charge in [0.05, 0.1) is 12.1 Å². The van der Waals surface area contributed by atoms with Gasteiger partial charge in [-0.15, -0.1) is 0 Å². The molecule has 182 valence electrons. The Labute approximate surface area is 192 Å². The molecule has 33 heavy (non-hydrogen) atoms. The van der Waals surface area contributed by atoms with E-state index < -0.39 is 16.8 Å². The number of carbonyl (C=O) groups is 1. The largest absolute Gasteiger partial charge is 0.383 e. The minimum atomic E-state index is -0.661. The van der Waals surface area contributed by atoms with Gasteiger partial charge in [0.1, 0.15) is 5.82 Å². The first-order valence-corrected chi connectivity index (χ1v) is 11.7. The number of aromatic amines is 1. The molecule has 0 atom stereocenters. The number of rotatable bonds is 10. The number of nitrogens with two attached hydrogens (primary N) is 1. The van der Waals surface area contributed by atoms with E-state index in [1.165, 1.54) is 9.47 Å². The highest BCUT2D eigenvalue weighted by Gasteiger charge is 2.40. The van der Waals surface area contributed by atoms with Gasteiger partial charge >= 0.3 is 5.69 Å². The number of hydrogen-bond acceptors (Lipinski definition) is 8. The fourth-order valence-electron chi connectivity index (χ4n) is 4.35. The first kappa shape index (κ1) is 24.7. The summed E-state index contributed by atoms with van der Waals surface area (Å²) in [5.74, 6) is 0.855. The van der Waals surface area contributed by atoms with Crippen molar-refractivity contribution >= 4 is 17.4 Å². The SMILES string of the molecule is CCCCN(C(=O)CNC1(c2noc(C)n2)CCCC1)c1c(N)n(CC(C)C)c(=O)[nH]c1=O. The number of anilines is 2. The number of nitrogens with zero attached hydrogens (tertiary/aromatic N) is 4. The van der Waals surface area contributed by atoms with E-state index in [4.69, 9.17) is 10.3 Å². The van der Waals surface area contributed by atoms with Crippen molar-refractivity contribution in [1.82, 2.24) is 25.0 Å². The summed E-state index contributed by atoms with van der Waals surface area (Å²) in [5, 5.41) is 7.44. The molecule has 2 heterocycles. The number of nitrogen functional groups attached to an aromatic ring is 1. The van der Waals surface area contributed by atoms with Crippen LogP contribution in [-0.4, -0.2) is 38.7 Å². The van der Waals surface area contributed by atoms with Gasteiger partial charge in [-0.2, -0.15) is 4.98 Å². The highest BCUT2D eigenvalue weighted by molar-refractivity contribution is 5.96. The summed E-state index contributed by atoms with van der Waals surface area (Å²) in [6.07, 6.45) is 5.06. The number of unbranched alkanes of at least 4 members (excludes halogenated alkanes) is 1. The van der Waals surface area contributed by atoms with Crippen LogP contribution in [0.2, 0.25) is 0 Å². The maximum absolute atomic E-state index is 13.4. The number of nitrogens with one attached hydrogen (secondary N) is 2. The van der Waals surface area contributed by atoms with E-state index in [0.717, 1.165) is 32.1 Å². The molecule has 2 aromatic rings. The van der Waals surface area contributed by atoms with Crippen molar-refractivity contribution in [3.63, 3.8) is 0 Å². The zero-order valence-corrected chi connectivity index (χ0v) is 19.9. The fourth-order valence-corrected chi connectivity index (χ4v) is 4.35. The third kappa shape index (κ3) is 5.35. The monoisotopic (exact) mass is 461 g/mol. The number of hydrogen-bond donors (Lipinski definition) is 3. The van der Waals surface area contributed by atoms with Crippen LogP contribution >= 0.6 is 0 Å². The first-order valence-electron chi connectivity index (χ1n) is 11.7. The lowest BCUT2D eigenvalue weighted by molar-refractivity contribution is -0.118. The van der Waals surface area contributed by atoms with E-state index in [0.29, 0.717) is 31.2 Å². The summed E-state index contributed by atoms with van der Waals surface area (Å²) >= 11 is 0. The molecule has 2 aromatic heterocycles. The third-order valence-electron chi connectivity index (χ3n) is 6.06. The summed E-state index contributed by atoms with van der Waals surface area (Å²) in [4.78, 5) is 46.6. The van der Waals surface area contributed by atoms with E-state index in [1.807, 2.05) is 20.8 Å². The van der Waals surface area contributed by atoms with Gasteiger partial charge in [-0.1, -0.05) is 45.2 Å². The van der Waals surface area contributed by atoms with Crippen molar-refractivity contribution in [2.45, 2.75) is 78.3 Å². The number of amides is 1. The molecule has 1 saturated carbocycles. The molecular weight excluding hydrogens is 426 g/mol. The second kappa shape index (κ2) is 10.3. The summed E-state index contributed by atoms with van der Waals surface area (Å²) < 4.78 is 6.50. The standard InChI is InChI=1S/C22H35N7O4/c1-5-6-11-28(17-18(23)29(13-14(2)3)21(32)26-19(17)31)16(30)12-24-22(9-7-8-10-22)20-25-15(4)33-27-20/h14,24H,5-13,23H2,1-4H3,(H,26,31,32). The van der Waals surface area contributed by atoms with Crippen LogP contribution in [0.25, 0.3) is 0 Å². The Bertz CT molecular complexity index is 1080. The Hall–Kier alpha value is -2.95. The fraction of sp³-hybridized carbons (Fsp3) is 0.682. The smallest absolute Gasteiger partial charge is 0.330 e. The van der Waals surface area contributed by atoms with Crippen LogP contribution in [0.3, 0.4) is 0 Å². The molecule has 0 aliphatic heterocycles. The number of H-pyrrole nitrogens is 1. The van der Waals surface area contributed by atoms with E-state index >= 15 is 0 Å². The second-order valence-electron chi connectivity index (χ2n) is 9.18. The molecular formula is C22H35N7O4. The lowest BCUT2D eigenvalue weighted by atomic mass is 9.96. The van der Waals surface area contributed by atoms with Crippen molar-refractivity contribution in [3.05, 3.63) is 32.6 Å². The molecule has 0 unspecified atom stereocenters. The zero-order chi connectivity index (χ0) is 24.2. The normalized spacial score (nSPS) is 15.3. The first-order chi connectivity index (χ1) is 15.7. The van der Waals surface area contributed by atoms with Crippen LogP contribution in [0.1, 0.15) is 71.0 Å². The minimum absolute atomic E-state index is 0.00581. The Kier molecular flexibility index (Phi) is 7.72. The number of carbonyl (C=O) groups excluding carboxylic acids is 1. The van der Waals surface area contributed by atoms with Crippen molar-refractivity contribution in [1.29, 1.82) is 0 Å². The molecule has 0 radical (unpaired) electrons. The molecule has 1 aliphatic rings. The second-order valence-corrected chi connectivity index (χ2v) is 9.18. The summed E-state index contributed by atoms with van der Waals surface area (Å²) in [5.41, 5.74) is 4.52. The summed E-state index contributed by atoms with van der Waals surface area (Å²) in [7, 11) is 0. The molecule has 11 nitrogen and oxygen atoms in total. The third-order valence-corrected chi connectivity index (χ3v) is 6.06. The molecule has 11 heteroatoms. The Balaban J connectivity index is 1.91.